The Labute approximate surface area is 432 Å². The van der Waals surface area contributed by atoms with Crippen LogP contribution in [0.1, 0.15) is 271 Å². The number of carbonyl (C=O) groups is 3. The average Bonchev–Trinajstić information content (AvgIpc) is 3.36. The van der Waals surface area contributed by atoms with E-state index in [1.54, 1.807) is 0 Å². The Morgan fingerprint density at radius 1 is 0.300 bits per heavy atom. The van der Waals surface area contributed by atoms with Gasteiger partial charge in [0.05, 0.1) is 0 Å². The summed E-state index contributed by atoms with van der Waals surface area (Å²) in [4.78, 5) is 38.2. The standard InChI is InChI=1S/C64H108O6/c1-4-7-10-13-16-19-22-25-27-29-30-31-32-33-34-35-37-39-42-45-48-51-54-57-63(66)69-60-61(59-68-62(65)56-53-50-47-44-41-38-24-21-18-15-12-9-6-3)70-64(67)58-55-52-49-46-43-40-36-28-26-23-20-17-14-11-8-5-2/h7,10,16,19-20,23,25,27-28,30-31,33-34,36-37,39,61H,4-6,8-9,11-15,17-18,21-22,24,26,29,32,35,38,40-60H2,1-3H3/b10-7-,19-16-,23-20-,27-25-,31-30-,34-33-,36-28-,39-37-. The topological polar surface area (TPSA) is 78.9 Å². The lowest BCUT2D eigenvalue weighted by Gasteiger charge is -2.18. The molecule has 0 aromatic rings. The maximum absolute atomic E-state index is 12.9. The second-order valence-corrected chi connectivity index (χ2v) is 19.2. The Hall–Kier alpha value is -3.67. The Bertz CT molecular complexity index is 1400. The molecule has 0 aliphatic heterocycles. The number of carbonyl (C=O) groups excluding carboxylic acids is 3. The molecule has 0 aliphatic carbocycles. The van der Waals surface area contributed by atoms with E-state index in [-0.39, 0.29) is 31.1 Å². The van der Waals surface area contributed by atoms with Gasteiger partial charge in [-0.05, 0) is 103 Å². The molecule has 0 N–H and O–H groups in total. The average molecular weight is 974 g/mol. The number of ether oxygens (including phenoxy) is 3. The van der Waals surface area contributed by atoms with Crippen LogP contribution < -0.4 is 0 Å². The predicted octanol–water partition coefficient (Wildman–Crippen LogP) is 19.7. The maximum atomic E-state index is 12.9. The molecule has 0 bridgehead atoms. The number of rotatable bonds is 52. The molecule has 0 amide bonds. The molecule has 6 heteroatoms. The number of esters is 3. The summed E-state index contributed by atoms with van der Waals surface area (Å²) >= 11 is 0. The SMILES string of the molecule is CC/C=C\C/C=C\C/C=C\C/C=C\C/C=C\C/C=C\CCCCCCC(=O)OCC(COC(=O)CCCCCCCCCCCCCCC)OC(=O)CCCCCCC/C=C\C/C=C\CCCCCC. The molecule has 1 unspecified atom stereocenters. The van der Waals surface area contributed by atoms with E-state index in [0.717, 1.165) is 135 Å². The van der Waals surface area contributed by atoms with Crippen molar-refractivity contribution in [1.29, 1.82) is 0 Å². The van der Waals surface area contributed by atoms with Gasteiger partial charge in [0.2, 0.25) is 0 Å². The van der Waals surface area contributed by atoms with Gasteiger partial charge in [0, 0.05) is 19.3 Å². The smallest absolute Gasteiger partial charge is 0.306 e. The Kier molecular flexibility index (Phi) is 54.9. The number of allylic oxidation sites excluding steroid dienone is 16. The number of hydrogen-bond acceptors (Lipinski definition) is 6. The van der Waals surface area contributed by atoms with Crippen LogP contribution >= 0.6 is 0 Å². The highest BCUT2D eigenvalue weighted by molar-refractivity contribution is 5.71. The van der Waals surface area contributed by atoms with Crippen molar-refractivity contribution in [2.75, 3.05) is 13.2 Å². The van der Waals surface area contributed by atoms with Gasteiger partial charge in [-0.1, -0.05) is 246 Å². The van der Waals surface area contributed by atoms with Crippen molar-refractivity contribution in [2.24, 2.45) is 0 Å². The minimum absolute atomic E-state index is 0.0901. The van der Waals surface area contributed by atoms with E-state index < -0.39 is 6.10 Å². The van der Waals surface area contributed by atoms with Crippen molar-refractivity contribution in [3.05, 3.63) is 97.2 Å². The van der Waals surface area contributed by atoms with Crippen LogP contribution in [0.4, 0.5) is 0 Å². The third-order valence-electron chi connectivity index (χ3n) is 12.3. The molecule has 0 aliphatic rings. The molecule has 0 heterocycles. The van der Waals surface area contributed by atoms with Gasteiger partial charge >= 0.3 is 17.9 Å². The van der Waals surface area contributed by atoms with Crippen LogP contribution in [-0.4, -0.2) is 37.2 Å². The molecule has 0 saturated heterocycles. The molecule has 0 saturated carbocycles. The van der Waals surface area contributed by atoms with Crippen molar-refractivity contribution < 1.29 is 28.6 Å². The van der Waals surface area contributed by atoms with Crippen molar-refractivity contribution in [1.82, 2.24) is 0 Å². The lowest BCUT2D eigenvalue weighted by Crippen LogP contribution is -2.30. The lowest BCUT2D eigenvalue weighted by atomic mass is 10.0. The van der Waals surface area contributed by atoms with Crippen LogP contribution in [0.15, 0.2) is 97.2 Å². The summed E-state index contributed by atoms with van der Waals surface area (Å²) in [5, 5.41) is 0. The van der Waals surface area contributed by atoms with Crippen molar-refractivity contribution in [3.8, 4) is 0 Å². The summed E-state index contributed by atoms with van der Waals surface area (Å²) in [6.45, 7) is 6.48. The van der Waals surface area contributed by atoms with Gasteiger partial charge in [-0.15, -0.1) is 0 Å². The summed E-state index contributed by atoms with van der Waals surface area (Å²) in [5.74, 6) is -0.925. The molecule has 6 nitrogen and oxygen atoms in total. The van der Waals surface area contributed by atoms with Gasteiger partial charge in [0.1, 0.15) is 13.2 Å². The first-order valence-corrected chi connectivity index (χ1v) is 29.2. The molecule has 0 rings (SSSR count). The van der Waals surface area contributed by atoms with Gasteiger partial charge < -0.3 is 14.2 Å². The first-order valence-electron chi connectivity index (χ1n) is 29.2. The Morgan fingerprint density at radius 3 is 0.886 bits per heavy atom. The molecule has 0 fully saturated rings. The third kappa shape index (κ3) is 55.3. The summed E-state index contributed by atoms with van der Waals surface area (Å²) in [5.41, 5.74) is 0. The summed E-state index contributed by atoms with van der Waals surface area (Å²) in [6, 6.07) is 0. The van der Waals surface area contributed by atoms with E-state index in [0.29, 0.717) is 19.3 Å². The van der Waals surface area contributed by atoms with Gasteiger partial charge in [0.25, 0.3) is 0 Å². The van der Waals surface area contributed by atoms with Crippen LogP contribution in [0.5, 0.6) is 0 Å². The van der Waals surface area contributed by atoms with Crippen LogP contribution in [-0.2, 0) is 28.6 Å². The molecule has 70 heavy (non-hydrogen) atoms. The fourth-order valence-corrected chi connectivity index (χ4v) is 7.95. The monoisotopic (exact) mass is 973 g/mol. The molecule has 400 valence electrons. The minimum atomic E-state index is -0.795. The first kappa shape index (κ1) is 66.3. The van der Waals surface area contributed by atoms with Gasteiger partial charge in [-0.2, -0.15) is 0 Å². The fraction of sp³-hybridized carbons (Fsp3) is 0.703. The second kappa shape index (κ2) is 57.9. The molecule has 1 atom stereocenters. The zero-order valence-electron chi connectivity index (χ0n) is 45.8. The summed E-state index contributed by atoms with van der Waals surface area (Å²) in [7, 11) is 0. The zero-order valence-corrected chi connectivity index (χ0v) is 45.8. The van der Waals surface area contributed by atoms with E-state index in [4.69, 9.17) is 14.2 Å². The molecule has 0 aromatic carbocycles. The predicted molar refractivity (Wildman–Crippen MR) is 302 cm³/mol. The van der Waals surface area contributed by atoms with E-state index in [1.807, 2.05) is 0 Å². The highest BCUT2D eigenvalue weighted by Crippen LogP contribution is 2.15. The van der Waals surface area contributed by atoms with Crippen molar-refractivity contribution >= 4 is 17.9 Å². The maximum Gasteiger partial charge on any atom is 0.306 e. The molecular formula is C64H108O6. The second-order valence-electron chi connectivity index (χ2n) is 19.2. The largest absolute Gasteiger partial charge is 0.462 e. The summed E-state index contributed by atoms with van der Waals surface area (Å²) < 4.78 is 16.8. The van der Waals surface area contributed by atoms with Gasteiger partial charge in [-0.25, -0.2) is 0 Å². The van der Waals surface area contributed by atoms with Crippen molar-refractivity contribution in [2.45, 2.75) is 277 Å². The molecule has 0 radical (unpaired) electrons. The number of unbranched alkanes of at least 4 members (excludes halogenated alkanes) is 25. The van der Waals surface area contributed by atoms with E-state index >= 15 is 0 Å². The van der Waals surface area contributed by atoms with Crippen molar-refractivity contribution in [3.63, 3.8) is 0 Å². The fourth-order valence-electron chi connectivity index (χ4n) is 7.95. The Balaban J connectivity index is 4.43. The van der Waals surface area contributed by atoms with E-state index in [9.17, 15) is 14.4 Å². The Morgan fingerprint density at radius 2 is 0.557 bits per heavy atom. The number of hydrogen-bond donors (Lipinski definition) is 0. The zero-order chi connectivity index (χ0) is 50.7. The highest BCUT2D eigenvalue weighted by atomic mass is 16.6. The quantitative estimate of drug-likeness (QED) is 0.0262. The lowest BCUT2D eigenvalue weighted by molar-refractivity contribution is -0.167. The van der Waals surface area contributed by atoms with Crippen LogP contribution in [0, 0.1) is 0 Å². The molecule has 0 spiro atoms. The first-order chi connectivity index (χ1) is 34.5. The van der Waals surface area contributed by atoms with Crippen LogP contribution in [0.2, 0.25) is 0 Å². The highest BCUT2D eigenvalue weighted by Gasteiger charge is 2.19. The van der Waals surface area contributed by atoms with E-state index in [1.165, 1.54) is 96.3 Å². The van der Waals surface area contributed by atoms with Gasteiger partial charge in [-0.3, -0.25) is 14.4 Å². The normalized spacial score (nSPS) is 12.8. The van der Waals surface area contributed by atoms with Crippen LogP contribution in [0.25, 0.3) is 0 Å². The molecular weight excluding hydrogens is 865 g/mol. The van der Waals surface area contributed by atoms with E-state index in [2.05, 4.69) is 118 Å². The molecule has 0 aromatic heterocycles. The van der Waals surface area contributed by atoms with Crippen LogP contribution in [0.3, 0.4) is 0 Å². The van der Waals surface area contributed by atoms with Gasteiger partial charge in [0.15, 0.2) is 6.10 Å². The summed E-state index contributed by atoms with van der Waals surface area (Å²) in [6.07, 6.45) is 76.8. The third-order valence-corrected chi connectivity index (χ3v) is 12.3. The minimum Gasteiger partial charge on any atom is -0.462 e.